The van der Waals surface area contributed by atoms with Gasteiger partial charge in [-0.3, -0.25) is 9.59 Å². The number of fused-ring (bicyclic) bond motifs is 5. The molecule has 3 fully saturated rings. The maximum Gasteiger partial charge on any atom is 0.308 e. The molecule has 0 spiro atoms. The van der Waals surface area contributed by atoms with Crippen molar-refractivity contribution in [2.45, 2.75) is 79.1 Å². The monoisotopic (exact) mass is 392 g/mol. The predicted octanol–water partition coefficient (Wildman–Crippen LogP) is 5.24. The highest BCUT2D eigenvalue weighted by molar-refractivity contribution is 5.72. The molecule has 0 aromatic rings. The molecule has 3 rings (SSSR count). The van der Waals surface area contributed by atoms with Crippen LogP contribution in [0.25, 0.3) is 0 Å². The first-order valence-corrected chi connectivity index (χ1v) is 11.9. The molecule has 6 atom stereocenters. The van der Waals surface area contributed by atoms with E-state index in [0.717, 1.165) is 49.9 Å². The molecule has 0 heterocycles. The van der Waals surface area contributed by atoms with E-state index in [1.807, 2.05) is 13.8 Å². The summed E-state index contributed by atoms with van der Waals surface area (Å²) in [5.41, 5.74) is 0. The second-order valence-corrected chi connectivity index (χ2v) is 9.52. The van der Waals surface area contributed by atoms with E-state index in [1.54, 1.807) is 0 Å². The van der Waals surface area contributed by atoms with Gasteiger partial charge in [-0.15, -0.1) is 0 Å². The largest absolute Gasteiger partial charge is 0.465 e. The molecule has 2 bridgehead atoms. The second kappa shape index (κ2) is 9.63. The number of rotatable bonds is 10. The van der Waals surface area contributed by atoms with Crippen LogP contribution in [0.15, 0.2) is 0 Å². The summed E-state index contributed by atoms with van der Waals surface area (Å²) in [6, 6.07) is 0. The summed E-state index contributed by atoms with van der Waals surface area (Å²) in [5.74, 6) is 3.75. The minimum atomic E-state index is -0.0437. The van der Waals surface area contributed by atoms with E-state index in [2.05, 4.69) is 13.8 Å². The number of esters is 2. The van der Waals surface area contributed by atoms with Crippen molar-refractivity contribution in [3.63, 3.8) is 0 Å². The van der Waals surface area contributed by atoms with E-state index in [4.69, 9.17) is 9.47 Å². The third kappa shape index (κ3) is 4.26. The molecule has 160 valence electrons. The molecule has 3 aliphatic rings. The minimum Gasteiger partial charge on any atom is -0.465 e. The number of ether oxygens (including phenoxy) is 2. The normalized spacial score (nSPS) is 33.5. The third-order valence-corrected chi connectivity index (χ3v) is 8.33. The standard InChI is InChI=1S/C24H40O4/c1-5-15(6-2)23(25)27-13-19-12-20-17-9-10-18(11-17)22(20)21(19)14-28-24(26)16(7-3)8-4/h15-22H,5-14H2,1-4H3/t17-,18-,19-,20+,21+,22+/m0/s1. The Morgan fingerprint density at radius 3 is 1.89 bits per heavy atom. The van der Waals surface area contributed by atoms with Crippen LogP contribution in [0.4, 0.5) is 0 Å². The van der Waals surface area contributed by atoms with Gasteiger partial charge in [0, 0.05) is 5.92 Å². The first-order chi connectivity index (χ1) is 13.5. The van der Waals surface area contributed by atoms with Gasteiger partial charge in [0.05, 0.1) is 25.0 Å². The predicted molar refractivity (Wildman–Crippen MR) is 109 cm³/mol. The van der Waals surface area contributed by atoms with Crippen LogP contribution in [0, 0.1) is 47.3 Å². The lowest BCUT2D eigenvalue weighted by Gasteiger charge is -2.30. The topological polar surface area (TPSA) is 52.6 Å². The van der Waals surface area contributed by atoms with Gasteiger partial charge in [-0.1, -0.05) is 27.7 Å². The van der Waals surface area contributed by atoms with E-state index in [9.17, 15) is 9.59 Å². The van der Waals surface area contributed by atoms with E-state index >= 15 is 0 Å². The molecule has 0 amide bonds. The van der Waals surface area contributed by atoms with Crippen molar-refractivity contribution in [1.29, 1.82) is 0 Å². The molecule has 0 aromatic heterocycles. The van der Waals surface area contributed by atoms with Crippen LogP contribution in [0.1, 0.15) is 79.1 Å². The van der Waals surface area contributed by atoms with Crippen LogP contribution >= 0.6 is 0 Å². The lowest BCUT2D eigenvalue weighted by Crippen LogP contribution is -2.31. The van der Waals surface area contributed by atoms with Gasteiger partial charge >= 0.3 is 11.9 Å². The maximum atomic E-state index is 12.4. The fraction of sp³-hybridized carbons (Fsp3) is 0.917. The molecular formula is C24H40O4. The van der Waals surface area contributed by atoms with Crippen LogP contribution in [-0.2, 0) is 19.1 Å². The van der Waals surface area contributed by atoms with Crippen LogP contribution in [0.2, 0.25) is 0 Å². The Morgan fingerprint density at radius 1 is 0.786 bits per heavy atom. The Balaban J connectivity index is 1.62. The van der Waals surface area contributed by atoms with Crippen LogP contribution in [0.3, 0.4) is 0 Å². The van der Waals surface area contributed by atoms with Gasteiger partial charge in [-0.2, -0.15) is 0 Å². The number of carbonyl (C=O) groups is 2. The van der Waals surface area contributed by atoms with Gasteiger partial charge in [0.15, 0.2) is 0 Å². The fourth-order valence-corrected chi connectivity index (χ4v) is 6.60. The average molecular weight is 393 g/mol. The summed E-state index contributed by atoms with van der Waals surface area (Å²) >= 11 is 0. The molecule has 0 aromatic carbocycles. The number of hydrogen-bond acceptors (Lipinski definition) is 4. The van der Waals surface area contributed by atoms with Crippen molar-refractivity contribution in [2.24, 2.45) is 47.3 Å². The highest BCUT2D eigenvalue weighted by atomic mass is 16.5. The van der Waals surface area contributed by atoms with Crippen molar-refractivity contribution in [2.75, 3.05) is 13.2 Å². The zero-order valence-corrected chi connectivity index (χ0v) is 18.3. The molecule has 0 N–H and O–H groups in total. The second-order valence-electron chi connectivity index (χ2n) is 9.52. The van der Waals surface area contributed by atoms with Gasteiger partial charge in [0.2, 0.25) is 0 Å². The zero-order valence-electron chi connectivity index (χ0n) is 18.3. The number of carbonyl (C=O) groups excluding carboxylic acids is 2. The molecule has 0 aliphatic heterocycles. The molecule has 0 saturated heterocycles. The van der Waals surface area contributed by atoms with Crippen LogP contribution < -0.4 is 0 Å². The average Bonchev–Trinajstić information content (AvgIpc) is 3.39. The van der Waals surface area contributed by atoms with Gasteiger partial charge in [-0.05, 0) is 81.0 Å². The quantitative estimate of drug-likeness (QED) is 0.477. The van der Waals surface area contributed by atoms with Crippen molar-refractivity contribution in [1.82, 2.24) is 0 Å². The van der Waals surface area contributed by atoms with E-state index in [-0.39, 0.29) is 23.8 Å². The summed E-state index contributed by atoms with van der Waals surface area (Å²) in [7, 11) is 0. The first kappa shape index (κ1) is 21.6. The molecule has 0 radical (unpaired) electrons. The Hall–Kier alpha value is -1.06. The summed E-state index contributed by atoms with van der Waals surface area (Å²) in [6.45, 7) is 9.23. The van der Waals surface area contributed by atoms with E-state index < -0.39 is 0 Å². The Bertz CT molecular complexity index is 537. The van der Waals surface area contributed by atoms with E-state index in [1.165, 1.54) is 19.3 Å². The van der Waals surface area contributed by atoms with Gasteiger partial charge in [-0.25, -0.2) is 0 Å². The summed E-state index contributed by atoms with van der Waals surface area (Å²) in [5, 5.41) is 0. The summed E-state index contributed by atoms with van der Waals surface area (Å²) in [6.07, 6.45) is 8.58. The van der Waals surface area contributed by atoms with Crippen molar-refractivity contribution in [3.05, 3.63) is 0 Å². The van der Waals surface area contributed by atoms with Gasteiger partial charge < -0.3 is 9.47 Å². The molecule has 28 heavy (non-hydrogen) atoms. The third-order valence-electron chi connectivity index (χ3n) is 8.33. The Morgan fingerprint density at radius 2 is 1.32 bits per heavy atom. The molecule has 3 saturated carbocycles. The summed E-state index contributed by atoms with van der Waals surface area (Å²) in [4.78, 5) is 24.8. The smallest absolute Gasteiger partial charge is 0.308 e. The Kier molecular flexibility index (Phi) is 7.44. The first-order valence-electron chi connectivity index (χ1n) is 11.9. The minimum absolute atomic E-state index is 0.0169. The van der Waals surface area contributed by atoms with E-state index in [0.29, 0.717) is 31.0 Å². The molecule has 3 aliphatic carbocycles. The number of hydrogen-bond donors (Lipinski definition) is 0. The molecule has 0 unspecified atom stereocenters. The van der Waals surface area contributed by atoms with Crippen LogP contribution in [-0.4, -0.2) is 25.2 Å². The van der Waals surface area contributed by atoms with Crippen molar-refractivity contribution >= 4 is 11.9 Å². The zero-order chi connectivity index (χ0) is 20.3. The Labute approximate surface area is 171 Å². The van der Waals surface area contributed by atoms with Crippen molar-refractivity contribution < 1.29 is 19.1 Å². The SMILES string of the molecule is CCC(CC)C(=O)OC[C@@H]1C[C@@H]2[C@H]3CC[C@@H](C3)[C@H]2[C@@H]1COC(=O)C(CC)CC. The highest BCUT2D eigenvalue weighted by Crippen LogP contribution is 2.62. The lowest BCUT2D eigenvalue weighted by atomic mass is 9.77. The molecule has 4 nitrogen and oxygen atoms in total. The van der Waals surface area contributed by atoms with Gasteiger partial charge in [0.1, 0.15) is 0 Å². The fourth-order valence-electron chi connectivity index (χ4n) is 6.60. The van der Waals surface area contributed by atoms with Crippen molar-refractivity contribution in [3.8, 4) is 0 Å². The van der Waals surface area contributed by atoms with Gasteiger partial charge in [0.25, 0.3) is 0 Å². The summed E-state index contributed by atoms with van der Waals surface area (Å²) < 4.78 is 11.6. The van der Waals surface area contributed by atoms with Crippen LogP contribution in [0.5, 0.6) is 0 Å². The molecular weight excluding hydrogens is 352 g/mol. The maximum absolute atomic E-state index is 12.4. The molecule has 4 heteroatoms. The highest BCUT2D eigenvalue weighted by Gasteiger charge is 2.57. The lowest BCUT2D eigenvalue weighted by molar-refractivity contribution is -0.155.